The predicted octanol–water partition coefficient (Wildman–Crippen LogP) is 2.37. The second-order valence-electron chi connectivity index (χ2n) is 4.69. The molecule has 0 aliphatic carbocycles. The van der Waals surface area contributed by atoms with E-state index in [2.05, 4.69) is 20.5 Å². The maximum atomic E-state index is 11.3. The molecule has 8 heteroatoms. The Hall–Kier alpha value is -2.48. The Balaban J connectivity index is 2.15. The van der Waals surface area contributed by atoms with E-state index in [1.165, 1.54) is 0 Å². The number of thioether (sulfide) groups is 1. The minimum absolute atomic E-state index is 0.0461. The Labute approximate surface area is 137 Å². The van der Waals surface area contributed by atoms with Gasteiger partial charge in [0.15, 0.2) is 0 Å². The largest absolute Gasteiger partial charge is 0.481 e. The van der Waals surface area contributed by atoms with Crippen LogP contribution in [0, 0.1) is 6.92 Å². The van der Waals surface area contributed by atoms with Gasteiger partial charge in [0.05, 0.1) is 11.4 Å². The molecule has 0 aliphatic rings. The van der Waals surface area contributed by atoms with Crippen molar-refractivity contribution in [1.29, 1.82) is 0 Å². The van der Waals surface area contributed by atoms with Gasteiger partial charge in [0, 0.05) is 17.7 Å². The van der Waals surface area contributed by atoms with Crippen molar-refractivity contribution in [2.24, 2.45) is 0 Å². The summed E-state index contributed by atoms with van der Waals surface area (Å²) in [5.74, 6) is -1.08. The second-order valence-corrected chi connectivity index (χ2v) is 5.63. The molecule has 0 bridgehead atoms. The third-order valence-corrected chi connectivity index (χ3v) is 3.75. The van der Waals surface area contributed by atoms with Crippen LogP contribution in [0.4, 0.5) is 5.69 Å². The zero-order chi connectivity index (χ0) is 16.8. The lowest BCUT2D eigenvalue weighted by Gasteiger charge is -2.07. The van der Waals surface area contributed by atoms with Crippen molar-refractivity contribution in [3.63, 3.8) is 0 Å². The molecule has 120 valence electrons. The Morgan fingerprint density at radius 1 is 1.22 bits per heavy atom. The second kappa shape index (κ2) is 7.68. The van der Waals surface area contributed by atoms with Gasteiger partial charge in [-0.05, 0) is 19.1 Å². The number of hydrogen-bond donors (Lipinski definition) is 2. The predicted molar refractivity (Wildman–Crippen MR) is 87.3 cm³/mol. The minimum atomic E-state index is -0.926. The van der Waals surface area contributed by atoms with Crippen molar-refractivity contribution in [3.05, 3.63) is 30.0 Å². The van der Waals surface area contributed by atoms with Gasteiger partial charge in [0.25, 0.3) is 0 Å². The first-order chi connectivity index (χ1) is 11.0. The molecule has 1 aromatic heterocycles. The summed E-state index contributed by atoms with van der Waals surface area (Å²) in [7, 11) is 0. The topological polar surface area (TPSA) is 105 Å². The number of carbonyl (C=O) groups is 2. The molecule has 1 heterocycles. The van der Waals surface area contributed by atoms with Crippen LogP contribution in [-0.2, 0) is 9.59 Å². The molecule has 2 rings (SSSR count). The molecular weight excluding hydrogens is 316 g/mol. The van der Waals surface area contributed by atoms with Crippen LogP contribution in [0.2, 0.25) is 0 Å². The molecule has 2 N–H and O–H groups in total. The van der Waals surface area contributed by atoms with Crippen molar-refractivity contribution in [1.82, 2.24) is 15.2 Å². The number of hydrogen-bond acceptors (Lipinski definition) is 6. The molecule has 1 amide bonds. The van der Waals surface area contributed by atoms with Crippen LogP contribution >= 0.6 is 11.8 Å². The smallest absolute Gasteiger partial charge is 0.313 e. The van der Waals surface area contributed by atoms with Crippen molar-refractivity contribution < 1.29 is 14.7 Å². The molecule has 23 heavy (non-hydrogen) atoms. The highest BCUT2D eigenvalue weighted by Crippen LogP contribution is 2.23. The van der Waals surface area contributed by atoms with E-state index in [-0.39, 0.29) is 11.7 Å². The normalized spacial score (nSPS) is 10.3. The zero-order valence-electron chi connectivity index (χ0n) is 12.7. The fourth-order valence-electron chi connectivity index (χ4n) is 1.80. The van der Waals surface area contributed by atoms with Gasteiger partial charge < -0.3 is 10.4 Å². The van der Waals surface area contributed by atoms with Crippen LogP contribution in [0.15, 0.2) is 29.4 Å². The van der Waals surface area contributed by atoms with Crippen LogP contribution < -0.4 is 5.32 Å². The summed E-state index contributed by atoms with van der Waals surface area (Å²) < 4.78 is 0. The Bertz CT molecular complexity index is 719. The number of carbonyl (C=O) groups excluding carboxylic acids is 1. The highest BCUT2D eigenvalue weighted by Gasteiger charge is 2.10. The van der Waals surface area contributed by atoms with E-state index in [9.17, 15) is 9.59 Å². The number of aromatic nitrogens is 3. The Kier molecular flexibility index (Phi) is 5.64. The summed E-state index contributed by atoms with van der Waals surface area (Å²) >= 11 is 1.03. The van der Waals surface area contributed by atoms with Gasteiger partial charge >= 0.3 is 5.97 Å². The van der Waals surface area contributed by atoms with E-state index in [0.717, 1.165) is 17.3 Å². The number of aryl methyl sites for hydroxylation is 1. The lowest BCUT2D eigenvalue weighted by atomic mass is 10.1. The van der Waals surface area contributed by atoms with Gasteiger partial charge in [0.2, 0.25) is 11.1 Å². The van der Waals surface area contributed by atoms with Crippen LogP contribution in [-0.4, -0.2) is 37.9 Å². The molecule has 0 spiro atoms. The Morgan fingerprint density at radius 2 is 1.91 bits per heavy atom. The Morgan fingerprint density at radius 3 is 2.48 bits per heavy atom. The fraction of sp³-hybridized carbons (Fsp3) is 0.267. The summed E-state index contributed by atoms with van der Waals surface area (Å²) in [5, 5.41) is 19.8. The van der Waals surface area contributed by atoms with E-state index in [1.807, 2.05) is 12.1 Å². The molecular formula is C15H16N4O3S. The number of carboxylic acid groups (broad SMARTS) is 1. The van der Waals surface area contributed by atoms with Crippen LogP contribution in [0.5, 0.6) is 0 Å². The number of rotatable bonds is 6. The van der Waals surface area contributed by atoms with E-state index in [1.54, 1.807) is 26.0 Å². The van der Waals surface area contributed by atoms with Crippen LogP contribution in [0.1, 0.15) is 19.0 Å². The standard InChI is InChI=1S/C15H16N4O3S/c1-3-12(20)17-11-6-4-10(5-7-11)14-9(2)16-15(19-18-14)23-8-13(21)22/h4-7H,3,8H2,1-2H3,(H,17,20)(H,21,22). The maximum Gasteiger partial charge on any atom is 0.313 e. The molecule has 0 saturated carbocycles. The monoisotopic (exact) mass is 332 g/mol. The SMILES string of the molecule is CCC(=O)Nc1ccc(-c2nnc(SCC(=O)O)nc2C)cc1. The third kappa shape index (κ3) is 4.75. The van der Waals surface area contributed by atoms with Crippen molar-refractivity contribution in [2.45, 2.75) is 25.4 Å². The first-order valence-electron chi connectivity index (χ1n) is 6.95. The molecule has 1 aromatic carbocycles. The third-order valence-electron chi connectivity index (χ3n) is 2.93. The van der Waals surface area contributed by atoms with Gasteiger partial charge in [-0.25, -0.2) is 4.98 Å². The average molecular weight is 332 g/mol. The number of nitrogens with zero attached hydrogens (tertiary/aromatic N) is 3. The lowest BCUT2D eigenvalue weighted by Crippen LogP contribution is -2.09. The van der Waals surface area contributed by atoms with Crippen molar-refractivity contribution >= 4 is 29.3 Å². The van der Waals surface area contributed by atoms with Gasteiger partial charge in [-0.2, -0.15) is 0 Å². The molecule has 0 radical (unpaired) electrons. The van der Waals surface area contributed by atoms with E-state index >= 15 is 0 Å². The molecule has 0 atom stereocenters. The zero-order valence-corrected chi connectivity index (χ0v) is 13.6. The first kappa shape index (κ1) is 16.9. The van der Waals surface area contributed by atoms with Crippen LogP contribution in [0.3, 0.4) is 0 Å². The molecule has 2 aromatic rings. The minimum Gasteiger partial charge on any atom is -0.481 e. The molecule has 0 unspecified atom stereocenters. The molecule has 0 fully saturated rings. The van der Waals surface area contributed by atoms with Crippen molar-refractivity contribution in [3.8, 4) is 11.3 Å². The summed E-state index contributed by atoms with van der Waals surface area (Å²) in [4.78, 5) is 26.2. The van der Waals surface area contributed by atoms with Gasteiger partial charge in [-0.1, -0.05) is 30.8 Å². The number of nitrogens with one attached hydrogen (secondary N) is 1. The quantitative estimate of drug-likeness (QED) is 0.782. The van der Waals surface area contributed by atoms with E-state index in [0.29, 0.717) is 28.7 Å². The number of amides is 1. The number of aliphatic carboxylic acids is 1. The van der Waals surface area contributed by atoms with Gasteiger partial charge in [-0.3, -0.25) is 9.59 Å². The molecule has 7 nitrogen and oxygen atoms in total. The van der Waals surface area contributed by atoms with Gasteiger partial charge in [-0.15, -0.1) is 10.2 Å². The number of anilines is 1. The van der Waals surface area contributed by atoms with Crippen molar-refractivity contribution in [2.75, 3.05) is 11.1 Å². The summed E-state index contributed by atoms with van der Waals surface area (Å²) in [6.45, 7) is 3.58. The van der Waals surface area contributed by atoms with Crippen LogP contribution in [0.25, 0.3) is 11.3 Å². The fourth-order valence-corrected chi connectivity index (χ4v) is 2.35. The molecule has 0 saturated heterocycles. The summed E-state index contributed by atoms with van der Waals surface area (Å²) in [5.41, 5.74) is 2.83. The van der Waals surface area contributed by atoms with Gasteiger partial charge in [0.1, 0.15) is 5.69 Å². The number of benzene rings is 1. The summed E-state index contributed by atoms with van der Waals surface area (Å²) in [6.07, 6.45) is 0.422. The summed E-state index contributed by atoms with van der Waals surface area (Å²) in [6, 6.07) is 7.23. The first-order valence-corrected chi connectivity index (χ1v) is 7.94. The average Bonchev–Trinajstić information content (AvgIpc) is 2.54. The van der Waals surface area contributed by atoms with E-state index < -0.39 is 5.97 Å². The molecule has 0 aliphatic heterocycles. The highest BCUT2D eigenvalue weighted by atomic mass is 32.2. The maximum absolute atomic E-state index is 11.3. The lowest BCUT2D eigenvalue weighted by molar-refractivity contribution is -0.133. The highest BCUT2D eigenvalue weighted by molar-refractivity contribution is 7.99. The number of carboxylic acids is 1. The van der Waals surface area contributed by atoms with E-state index in [4.69, 9.17) is 5.11 Å².